The number of rotatable bonds is 1. The quantitative estimate of drug-likeness (QED) is 0.659. The summed E-state index contributed by atoms with van der Waals surface area (Å²) >= 11 is 0. The van der Waals surface area contributed by atoms with Gasteiger partial charge in [0.05, 0.1) is 0 Å². The Labute approximate surface area is 85.0 Å². The van der Waals surface area contributed by atoms with E-state index in [-0.39, 0.29) is 0 Å². The van der Waals surface area contributed by atoms with Crippen molar-refractivity contribution in [3.63, 3.8) is 0 Å². The van der Waals surface area contributed by atoms with Crippen LogP contribution in [-0.4, -0.2) is 14.1 Å². The zero-order chi connectivity index (χ0) is 10.1. The summed E-state index contributed by atoms with van der Waals surface area (Å²) in [5.41, 5.74) is 2.59. The van der Waals surface area contributed by atoms with Crippen molar-refractivity contribution in [1.29, 1.82) is 0 Å². The maximum Gasteiger partial charge on any atom is 0.0440 e. The second kappa shape index (κ2) is 3.33. The molecule has 0 saturated carbocycles. The minimum Gasteiger partial charge on any atom is -0.377 e. The third-order valence-corrected chi connectivity index (χ3v) is 2.49. The van der Waals surface area contributed by atoms with E-state index in [1.54, 1.807) is 0 Å². The smallest absolute Gasteiger partial charge is 0.0440 e. The average molecular weight is 185 g/mol. The molecule has 0 aliphatic rings. The largest absolute Gasteiger partial charge is 0.377 e. The van der Waals surface area contributed by atoms with E-state index in [2.05, 4.69) is 62.3 Å². The Balaban J connectivity index is 2.75. The van der Waals surface area contributed by atoms with E-state index < -0.39 is 0 Å². The molecule has 0 N–H and O–H groups in total. The number of fused-ring (bicyclic) bond motifs is 1. The van der Waals surface area contributed by atoms with E-state index in [0.717, 1.165) is 0 Å². The Morgan fingerprint density at radius 3 is 2.50 bits per heavy atom. The Hall–Kier alpha value is -1.50. The fourth-order valence-corrected chi connectivity index (χ4v) is 1.78. The number of nitrogens with zero attached hydrogens (tertiary/aromatic N) is 1. The minimum atomic E-state index is 1.28. The van der Waals surface area contributed by atoms with Crippen molar-refractivity contribution in [3.05, 3.63) is 42.0 Å². The van der Waals surface area contributed by atoms with Crippen molar-refractivity contribution in [3.8, 4) is 0 Å². The second-order valence-corrected chi connectivity index (χ2v) is 3.90. The number of anilines is 1. The SMILES string of the molecule is Cc1ccc2c(N(C)C)cccc2c1. The van der Waals surface area contributed by atoms with Crippen LogP contribution in [0.5, 0.6) is 0 Å². The Kier molecular flexibility index (Phi) is 2.16. The van der Waals surface area contributed by atoms with E-state index >= 15 is 0 Å². The molecule has 0 atom stereocenters. The van der Waals surface area contributed by atoms with Crippen molar-refractivity contribution in [2.24, 2.45) is 0 Å². The van der Waals surface area contributed by atoms with Gasteiger partial charge in [-0.05, 0) is 18.4 Å². The molecular formula is C13H15N. The van der Waals surface area contributed by atoms with Gasteiger partial charge < -0.3 is 4.90 Å². The lowest BCUT2D eigenvalue weighted by atomic mass is 10.1. The predicted molar refractivity (Wildman–Crippen MR) is 63.0 cm³/mol. The molecule has 72 valence electrons. The molecule has 0 aliphatic carbocycles. The van der Waals surface area contributed by atoms with Crippen molar-refractivity contribution >= 4 is 16.5 Å². The summed E-state index contributed by atoms with van der Waals surface area (Å²) in [6, 6.07) is 13.0. The molecule has 1 nitrogen and oxygen atoms in total. The minimum absolute atomic E-state index is 1.28. The molecule has 0 aliphatic heterocycles. The van der Waals surface area contributed by atoms with E-state index in [1.807, 2.05) is 0 Å². The number of hydrogen-bond donors (Lipinski definition) is 0. The molecule has 0 spiro atoms. The first kappa shape index (κ1) is 9.07. The molecule has 14 heavy (non-hydrogen) atoms. The van der Waals surface area contributed by atoms with Gasteiger partial charge in [0.15, 0.2) is 0 Å². The first-order valence-corrected chi connectivity index (χ1v) is 4.85. The van der Waals surface area contributed by atoms with Crippen molar-refractivity contribution in [2.75, 3.05) is 19.0 Å². The van der Waals surface area contributed by atoms with Crippen LogP contribution in [0.15, 0.2) is 36.4 Å². The third kappa shape index (κ3) is 1.46. The Morgan fingerprint density at radius 1 is 1.00 bits per heavy atom. The van der Waals surface area contributed by atoms with Crippen LogP contribution in [0.1, 0.15) is 5.56 Å². The van der Waals surface area contributed by atoms with Crippen LogP contribution < -0.4 is 4.90 Å². The molecule has 0 fully saturated rings. The van der Waals surface area contributed by atoms with Gasteiger partial charge in [0.25, 0.3) is 0 Å². The molecule has 0 amide bonds. The Bertz CT molecular complexity index is 458. The van der Waals surface area contributed by atoms with Crippen molar-refractivity contribution in [2.45, 2.75) is 6.92 Å². The molecule has 2 aromatic carbocycles. The average Bonchev–Trinajstić information content (AvgIpc) is 2.16. The van der Waals surface area contributed by atoms with Crippen molar-refractivity contribution in [1.82, 2.24) is 0 Å². The normalized spacial score (nSPS) is 10.5. The summed E-state index contributed by atoms with van der Waals surface area (Å²) in [4.78, 5) is 2.15. The lowest BCUT2D eigenvalue weighted by molar-refractivity contribution is 1.14. The van der Waals surface area contributed by atoms with Gasteiger partial charge in [0, 0.05) is 25.2 Å². The molecular weight excluding hydrogens is 170 g/mol. The number of hydrogen-bond acceptors (Lipinski definition) is 1. The standard InChI is InChI=1S/C13H15N/c1-10-7-8-12-11(9-10)5-4-6-13(12)14(2)3/h4-9H,1-3H3. The maximum absolute atomic E-state index is 2.22. The van der Waals surface area contributed by atoms with Crippen LogP contribution in [0.2, 0.25) is 0 Å². The monoisotopic (exact) mass is 185 g/mol. The summed E-state index contributed by atoms with van der Waals surface area (Å²) in [6.45, 7) is 2.13. The summed E-state index contributed by atoms with van der Waals surface area (Å²) in [6.07, 6.45) is 0. The Morgan fingerprint density at radius 2 is 1.79 bits per heavy atom. The molecule has 0 heterocycles. The lowest BCUT2D eigenvalue weighted by Crippen LogP contribution is -2.08. The first-order chi connectivity index (χ1) is 6.68. The number of benzene rings is 2. The highest BCUT2D eigenvalue weighted by molar-refractivity contribution is 5.94. The molecule has 1 heteroatoms. The van der Waals surface area contributed by atoms with Crippen LogP contribution in [0, 0.1) is 6.92 Å². The molecule has 2 rings (SSSR count). The van der Waals surface area contributed by atoms with Crippen LogP contribution in [0.25, 0.3) is 10.8 Å². The van der Waals surface area contributed by atoms with Gasteiger partial charge in [0.1, 0.15) is 0 Å². The zero-order valence-corrected chi connectivity index (χ0v) is 8.91. The predicted octanol–water partition coefficient (Wildman–Crippen LogP) is 3.21. The van der Waals surface area contributed by atoms with Crippen LogP contribution in [0.3, 0.4) is 0 Å². The van der Waals surface area contributed by atoms with Gasteiger partial charge in [-0.3, -0.25) is 0 Å². The van der Waals surface area contributed by atoms with E-state index in [0.29, 0.717) is 0 Å². The van der Waals surface area contributed by atoms with E-state index in [4.69, 9.17) is 0 Å². The second-order valence-electron chi connectivity index (χ2n) is 3.90. The molecule has 0 aromatic heterocycles. The topological polar surface area (TPSA) is 3.24 Å². The van der Waals surface area contributed by atoms with Crippen LogP contribution >= 0.6 is 0 Å². The maximum atomic E-state index is 2.22. The molecule has 0 unspecified atom stereocenters. The summed E-state index contributed by atoms with van der Waals surface area (Å²) in [5, 5.41) is 2.64. The van der Waals surface area contributed by atoms with Gasteiger partial charge in [-0.25, -0.2) is 0 Å². The highest BCUT2D eigenvalue weighted by Gasteiger charge is 2.01. The van der Waals surface area contributed by atoms with Gasteiger partial charge in [-0.15, -0.1) is 0 Å². The van der Waals surface area contributed by atoms with Gasteiger partial charge in [-0.2, -0.15) is 0 Å². The fourth-order valence-electron chi connectivity index (χ4n) is 1.78. The van der Waals surface area contributed by atoms with Gasteiger partial charge in [-0.1, -0.05) is 35.9 Å². The molecule has 0 radical (unpaired) electrons. The van der Waals surface area contributed by atoms with Crippen molar-refractivity contribution < 1.29 is 0 Å². The highest BCUT2D eigenvalue weighted by atomic mass is 15.1. The zero-order valence-electron chi connectivity index (χ0n) is 8.91. The third-order valence-electron chi connectivity index (χ3n) is 2.49. The van der Waals surface area contributed by atoms with Gasteiger partial charge >= 0.3 is 0 Å². The molecule has 2 aromatic rings. The van der Waals surface area contributed by atoms with Crippen LogP contribution in [0.4, 0.5) is 5.69 Å². The molecule has 0 saturated heterocycles. The summed E-state index contributed by atoms with van der Waals surface area (Å²) in [5.74, 6) is 0. The first-order valence-electron chi connectivity index (χ1n) is 4.85. The fraction of sp³-hybridized carbons (Fsp3) is 0.231. The summed E-state index contributed by atoms with van der Waals surface area (Å²) < 4.78 is 0. The van der Waals surface area contributed by atoms with Gasteiger partial charge in [0.2, 0.25) is 0 Å². The highest BCUT2D eigenvalue weighted by Crippen LogP contribution is 2.25. The number of aryl methyl sites for hydroxylation is 1. The van der Waals surface area contributed by atoms with Crippen LogP contribution in [-0.2, 0) is 0 Å². The lowest BCUT2D eigenvalue weighted by Gasteiger charge is -2.15. The molecule has 0 bridgehead atoms. The summed E-state index contributed by atoms with van der Waals surface area (Å²) in [7, 11) is 4.16. The van der Waals surface area contributed by atoms with E-state index in [1.165, 1.54) is 22.0 Å². The van der Waals surface area contributed by atoms with E-state index in [9.17, 15) is 0 Å².